The van der Waals surface area contributed by atoms with Gasteiger partial charge in [-0.25, -0.2) is 0 Å². The first-order valence-electron chi connectivity index (χ1n) is 6.82. The second kappa shape index (κ2) is 5.93. The summed E-state index contributed by atoms with van der Waals surface area (Å²) in [6, 6.07) is 8.18. The van der Waals surface area contributed by atoms with E-state index in [1.807, 2.05) is 36.1 Å². The Labute approximate surface area is 119 Å². The molecule has 1 fully saturated rings. The van der Waals surface area contributed by atoms with Gasteiger partial charge in [0.25, 0.3) is 0 Å². The van der Waals surface area contributed by atoms with E-state index in [4.69, 9.17) is 17.3 Å². The van der Waals surface area contributed by atoms with Crippen molar-refractivity contribution in [3.8, 4) is 0 Å². The van der Waals surface area contributed by atoms with Crippen LogP contribution >= 0.6 is 11.6 Å². The number of hydrogen-bond acceptors (Lipinski definition) is 2. The highest BCUT2D eigenvalue weighted by Gasteiger charge is 2.37. The van der Waals surface area contributed by atoms with Gasteiger partial charge in [-0.1, -0.05) is 30.7 Å². The van der Waals surface area contributed by atoms with Crippen LogP contribution in [0.15, 0.2) is 24.3 Å². The Bertz CT molecular complexity index is 442. The lowest BCUT2D eigenvalue weighted by Gasteiger charge is -2.32. The average molecular weight is 281 g/mol. The summed E-state index contributed by atoms with van der Waals surface area (Å²) in [4.78, 5) is 14.5. The van der Waals surface area contributed by atoms with Gasteiger partial charge in [-0.3, -0.25) is 4.79 Å². The van der Waals surface area contributed by atoms with E-state index in [0.717, 1.165) is 23.4 Å². The normalized spacial score (nSPS) is 17.9. The molecule has 0 aliphatic heterocycles. The van der Waals surface area contributed by atoms with Crippen LogP contribution in [0.5, 0.6) is 0 Å². The summed E-state index contributed by atoms with van der Waals surface area (Å²) < 4.78 is 0. The van der Waals surface area contributed by atoms with Crippen molar-refractivity contribution < 1.29 is 4.79 Å². The SMILES string of the molecule is CC(CN)C(=O)N(C1CC1)C(C)c1ccc(Cl)cc1. The zero-order chi connectivity index (χ0) is 14.0. The summed E-state index contributed by atoms with van der Waals surface area (Å²) in [5.74, 6) is 0.0443. The number of nitrogens with zero attached hydrogens (tertiary/aromatic N) is 1. The van der Waals surface area contributed by atoms with Gasteiger partial charge in [-0.05, 0) is 37.5 Å². The van der Waals surface area contributed by atoms with Gasteiger partial charge < -0.3 is 10.6 Å². The van der Waals surface area contributed by atoms with Crippen molar-refractivity contribution in [2.24, 2.45) is 11.7 Å². The third-order valence-corrected chi connectivity index (χ3v) is 3.99. The van der Waals surface area contributed by atoms with Crippen molar-refractivity contribution in [1.29, 1.82) is 0 Å². The van der Waals surface area contributed by atoms with E-state index >= 15 is 0 Å². The van der Waals surface area contributed by atoms with Crippen LogP contribution in [-0.4, -0.2) is 23.4 Å². The van der Waals surface area contributed by atoms with E-state index in [9.17, 15) is 4.79 Å². The van der Waals surface area contributed by atoms with Crippen molar-refractivity contribution in [2.45, 2.75) is 38.8 Å². The minimum atomic E-state index is -0.115. The molecule has 1 aliphatic rings. The molecule has 1 aromatic rings. The lowest BCUT2D eigenvalue weighted by molar-refractivity contribution is -0.137. The van der Waals surface area contributed by atoms with E-state index in [1.54, 1.807) is 0 Å². The Hall–Kier alpha value is -1.06. The number of rotatable bonds is 5. The van der Waals surface area contributed by atoms with Gasteiger partial charge in [0, 0.05) is 23.5 Å². The molecule has 0 heterocycles. The topological polar surface area (TPSA) is 46.3 Å². The second-order valence-electron chi connectivity index (χ2n) is 5.34. The van der Waals surface area contributed by atoms with E-state index in [-0.39, 0.29) is 17.9 Å². The molecule has 1 saturated carbocycles. The van der Waals surface area contributed by atoms with Crippen molar-refractivity contribution in [3.63, 3.8) is 0 Å². The number of halogens is 1. The molecule has 3 nitrogen and oxygen atoms in total. The minimum Gasteiger partial charge on any atom is -0.333 e. The zero-order valence-corrected chi connectivity index (χ0v) is 12.2. The monoisotopic (exact) mass is 280 g/mol. The third-order valence-electron chi connectivity index (χ3n) is 3.74. The van der Waals surface area contributed by atoms with Crippen LogP contribution in [0.25, 0.3) is 0 Å². The van der Waals surface area contributed by atoms with Gasteiger partial charge in [0.2, 0.25) is 5.91 Å². The maximum Gasteiger partial charge on any atom is 0.227 e. The number of benzene rings is 1. The Kier molecular flexibility index (Phi) is 4.48. The van der Waals surface area contributed by atoms with Crippen LogP contribution in [0, 0.1) is 5.92 Å². The third kappa shape index (κ3) is 3.28. The van der Waals surface area contributed by atoms with Crippen molar-refractivity contribution in [2.75, 3.05) is 6.54 Å². The van der Waals surface area contributed by atoms with Crippen molar-refractivity contribution >= 4 is 17.5 Å². The average Bonchev–Trinajstić information content (AvgIpc) is 3.23. The lowest BCUT2D eigenvalue weighted by Crippen LogP contribution is -2.41. The van der Waals surface area contributed by atoms with E-state index in [1.165, 1.54) is 0 Å². The predicted octanol–water partition coefficient (Wildman–Crippen LogP) is 2.99. The van der Waals surface area contributed by atoms with Crippen LogP contribution < -0.4 is 5.73 Å². The Morgan fingerprint density at radius 2 is 1.95 bits per heavy atom. The fraction of sp³-hybridized carbons (Fsp3) is 0.533. The quantitative estimate of drug-likeness (QED) is 0.901. The highest BCUT2D eigenvalue weighted by atomic mass is 35.5. The number of carbonyl (C=O) groups excluding carboxylic acids is 1. The standard InChI is InChI=1S/C15H21ClN2O/c1-10(9-17)15(19)18(14-7-8-14)11(2)12-3-5-13(16)6-4-12/h3-6,10-11,14H,7-9,17H2,1-2H3. The molecule has 2 N–H and O–H groups in total. The molecule has 0 saturated heterocycles. The first-order chi connectivity index (χ1) is 9.04. The fourth-order valence-electron chi connectivity index (χ4n) is 2.30. The maximum atomic E-state index is 12.5. The van der Waals surface area contributed by atoms with E-state index < -0.39 is 0 Å². The fourth-order valence-corrected chi connectivity index (χ4v) is 2.42. The largest absolute Gasteiger partial charge is 0.333 e. The smallest absolute Gasteiger partial charge is 0.227 e. The number of carbonyl (C=O) groups is 1. The molecule has 0 radical (unpaired) electrons. The first-order valence-corrected chi connectivity index (χ1v) is 7.20. The van der Waals surface area contributed by atoms with E-state index in [2.05, 4.69) is 6.92 Å². The lowest BCUT2D eigenvalue weighted by atomic mass is 10.0. The Morgan fingerprint density at radius 1 is 1.37 bits per heavy atom. The molecule has 0 spiro atoms. The molecule has 4 heteroatoms. The van der Waals surface area contributed by atoms with Crippen molar-refractivity contribution in [3.05, 3.63) is 34.9 Å². The highest BCUT2D eigenvalue weighted by Crippen LogP contribution is 2.35. The molecule has 1 aliphatic carbocycles. The summed E-state index contributed by atoms with van der Waals surface area (Å²) in [5, 5.41) is 0.718. The summed E-state index contributed by atoms with van der Waals surface area (Å²) in [6.07, 6.45) is 2.20. The molecule has 2 atom stereocenters. The Balaban J connectivity index is 2.19. The molecular formula is C15H21ClN2O. The van der Waals surface area contributed by atoms with Gasteiger partial charge in [-0.2, -0.15) is 0 Å². The van der Waals surface area contributed by atoms with Crippen LogP contribution in [-0.2, 0) is 4.79 Å². The van der Waals surface area contributed by atoms with Gasteiger partial charge in [0.15, 0.2) is 0 Å². The number of amides is 1. The van der Waals surface area contributed by atoms with Gasteiger partial charge >= 0.3 is 0 Å². The molecule has 1 amide bonds. The molecule has 19 heavy (non-hydrogen) atoms. The molecular weight excluding hydrogens is 260 g/mol. The van der Waals surface area contributed by atoms with Crippen LogP contribution in [0.2, 0.25) is 5.02 Å². The summed E-state index contributed by atoms with van der Waals surface area (Å²) in [7, 11) is 0. The molecule has 0 bridgehead atoms. The number of nitrogens with two attached hydrogens (primary N) is 1. The molecule has 104 valence electrons. The molecule has 2 unspecified atom stereocenters. The molecule has 0 aromatic heterocycles. The highest BCUT2D eigenvalue weighted by molar-refractivity contribution is 6.30. The maximum absolute atomic E-state index is 12.5. The van der Waals surface area contributed by atoms with E-state index in [0.29, 0.717) is 12.6 Å². The predicted molar refractivity (Wildman–Crippen MR) is 78.0 cm³/mol. The van der Waals surface area contributed by atoms with Crippen molar-refractivity contribution in [1.82, 2.24) is 4.90 Å². The van der Waals surface area contributed by atoms with Gasteiger partial charge in [0.05, 0.1) is 6.04 Å². The van der Waals surface area contributed by atoms with Crippen LogP contribution in [0.4, 0.5) is 0 Å². The second-order valence-corrected chi connectivity index (χ2v) is 5.78. The zero-order valence-electron chi connectivity index (χ0n) is 11.5. The minimum absolute atomic E-state index is 0.0752. The summed E-state index contributed by atoms with van der Waals surface area (Å²) >= 11 is 5.91. The summed E-state index contributed by atoms with van der Waals surface area (Å²) in [6.45, 7) is 4.37. The first kappa shape index (κ1) is 14.4. The van der Waals surface area contributed by atoms with Crippen LogP contribution in [0.1, 0.15) is 38.3 Å². The molecule has 1 aromatic carbocycles. The summed E-state index contributed by atoms with van der Waals surface area (Å²) in [5.41, 5.74) is 6.74. The molecule has 2 rings (SSSR count). The van der Waals surface area contributed by atoms with Gasteiger partial charge in [0.1, 0.15) is 0 Å². The number of hydrogen-bond donors (Lipinski definition) is 1. The van der Waals surface area contributed by atoms with Crippen LogP contribution in [0.3, 0.4) is 0 Å². The van der Waals surface area contributed by atoms with Gasteiger partial charge in [-0.15, -0.1) is 0 Å². The Morgan fingerprint density at radius 3 is 2.42 bits per heavy atom.